The Kier molecular flexibility index (Phi) is 5.98. The molecule has 0 unspecified atom stereocenters. The van der Waals surface area contributed by atoms with Crippen LogP contribution in [0.2, 0.25) is 0 Å². The lowest BCUT2D eigenvalue weighted by atomic mass is 9.88. The van der Waals surface area contributed by atoms with Gasteiger partial charge in [-0.15, -0.1) is 0 Å². The van der Waals surface area contributed by atoms with Gasteiger partial charge < -0.3 is 4.90 Å². The topological polar surface area (TPSA) is 20.3 Å². The van der Waals surface area contributed by atoms with Gasteiger partial charge in [0, 0.05) is 37.5 Å². The summed E-state index contributed by atoms with van der Waals surface area (Å²) in [5, 5.41) is 0. The fraction of sp³-hybridized carbons (Fsp3) is 0.412. The van der Waals surface area contributed by atoms with E-state index in [9.17, 15) is 35.5 Å². The Morgan fingerprint density at radius 3 is 1.73 bits per heavy atom. The first-order valence-corrected chi connectivity index (χ1v) is 7.20. The summed E-state index contributed by atoms with van der Waals surface area (Å²) in [6.45, 7) is 2.28. The molecular weight excluding hydrogens is 367 g/mol. The Balaban J connectivity index is 3.54. The van der Waals surface area contributed by atoms with Crippen molar-refractivity contribution in [2.75, 3.05) is 14.1 Å². The highest BCUT2D eigenvalue weighted by Gasteiger charge is 2.73. The van der Waals surface area contributed by atoms with Crippen molar-refractivity contribution in [3.05, 3.63) is 52.4 Å². The predicted octanol–water partition coefficient (Wildman–Crippen LogP) is 5.01. The Bertz CT molecular complexity index is 716. The molecule has 0 aliphatic rings. The maximum absolute atomic E-state index is 14.2. The lowest BCUT2D eigenvalue weighted by Gasteiger charge is -2.31. The third kappa shape index (κ3) is 4.09. The van der Waals surface area contributed by atoms with Gasteiger partial charge in [0.05, 0.1) is 0 Å². The molecule has 0 amide bonds. The number of alkyl halides is 7. The van der Waals surface area contributed by atoms with E-state index in [1.165, 1.54) is 6.20 Å². The van der Waals surface area contributed by atoms with Crippen LogP contribution in [0.3, 0.4) is 0 Å². The number of halogens is 7. The molecule has 0 heterocycles. The van der Waals surface area contributed by atoms with Gasteiger partial charge in [-0.25, -0.2) is 4.39 Å². The molecule has 0 aliphatic heterocycles. The number of allylic oxidation sites excluding steroid dienone is 1. The van der Waals surface area contributed by atoms with E-state index in [0.29, 0.717) is 12.1 Å². The smallest absolute Gasteiger partial charge is 0.377 e. The first kappa shape index (κ1) is 21.8. The fourth-order valence-corrected chi connectivity index (χ4v) is 2.37. The second-order valence-electron chi connectivity index (χ2n) is 5.91. The number of hydrogen-bond acceptors (Lipinski definition) is 2. The minimum absolute atomic E-state index is 0.111. The molecule has 0 saturated heterocycles. The molecule has 0 N–H and O–H groups in total. The molecular formula is C17H16F7NO. The van der Waals surface area contributed by atoms with E-state index in [0.717, 1.165) is 19.9 Å². The number of ketones is 1. The third-order valence-electron chi connectivity index (χ3n) is 3.51. The first-order chi connectivity index (χ1) is 11.6. The van der Waals surface area contributed by atoms with E-state index in [1.54, 1.807) is 19.0 Å². The van der Waals surface area contributed by atoms with Crippen LogP contribution < -0.4 is 0 Å². The van der Waals surface area contributed by atoms with E-state index < -0.39 is 29.4 Å². The van der Waals surface area contributed by atoms with Crippen LogP contribution in [0.15, 0.2) is 30.1 Å². The highest BCUT2D eigenvalue weighted by molar-refractivity contribution is 6.06. The second kappa shape index (κ2) is 7.15. The van der Waals surface area contributed by atoms with Gasteiger partial charge in [0.15, 0.2) is 5.78 Å². The van der Waals surface area contributed by atoms with Crippen LogP contribution >= 0.6 is 0 Å². The number of carbonyl (C=O) groups is 1. The SMILES string of the molecule is Cc1cc(C(F)(C(F)(F)F)C(F)(F)F)cc(C)c1C(=O)C=C=CN(C)C. The van der Waals surface area contributed by atoms with Crippen LogP contribution in [0.5, 0.6) is 0 Å². The summed E-state index contributed by atoms with van der Waals surface area (Å²) < 4.78 is 91.3. The molecule has 0 bridgehead atoms. The molecule has 0 spiro atoms. The summed E-state index contributed by atoms with van der Waals surface area (Å²) in [5.41, 5.74) is -5.14. The van der Waals surface area contributed by atoms with Crippen LogP contribution in [0.1, 0.15) is 27.0 Å². The van der Waals surface area contributed by atoms with Crippen molar-refractivity contribution in [3.63, 3.8) is 0 Å². The Hall–Kier alpha value is -2.28. The van der Waals surface area contributed by atoms with Crippen molar-refractivity contribution in [2.45, 2.75) is 31.9 Å². The average Bonchev–Trinajstić information content (AvgIpc) is 2.42. The van der Waals surface area contributed by atoms with Gasteiger partial charge in [0.2, 0.25) is 0 Å². The number of hydrogen-bond donors (Lipinski definition) is 0. The van der Waals surface area contributed by atoms with Crippen molar-refractivity contribution < 1.29 is 35.5 Å². The van der Waals surface area contributed by atoms with E-state index in [1.807, 2.05) is 0 Å². The molecule has 0 atom stereocenters. The van der Waals surface area contributed by atoms with Gasteiger partial charge in [0.25, 0.3) is 0 Å². The van der Waals surface area contributed by atoms with Gasteiger partial charge in [0.1, 0.15) is 0 Å². The molecule has 0 saturated carbocycles. The van der Waals surface area contributed by atoms with E-state index >= 15 is 0 Å². The van der Waals surface area contributed by atoms with Crippen LogP contribution in [-0.4, -0.2) is 37.1 Å². The summed E-state index contributed by atoms with van der Waals surface area (Å²) in [4.78, 5) is 13.7. The van der Waals surface area contributed by atoms with Crippen molar-refractivity contribution in [1.82, 2.24) is 4.90 Å². The summed E-state index contributed by atoms with van der Waals surface area (Å²) in [5.74, 6) is -0.673. The lowest BCUT2D eigenvalue weighted by molar-refractivity contribution is -0.348. The molecule has 144 valence electrons. The number of rotatable bonds is 4. The largest absolute Gasteiger partial charge is 0.435 e. The van der Waals surface area contributed by atoms with Crippen LogP contribution in [-0.2, 0) is 5.67 Å². The second-order valence-corrected chi connectivity index (χ2v) is 5.91. The Morgan fingerprint density at radius 2 is 1.38 bits per heavy atom. The van der Waals surface area contributed by atoms with Crippen molar-refractivity contribution in [1.29, 1.82) is 0 Å². The van der Waals surface area contributed by atoms with Gasteiger partial charge in [-0.05, 0) is 25.0 Å². The van der Waals surface area contributed by atoms with E-state index in [-0.39, 0.29) is 16.7 Å². The van der Waals surface area contributed by atoms with Crippen molar-refractivity contribution in [2.24, 2.45) is 0 Å². The quantitative estimate of drug-likeness (QED) is 0.315. The van der Waals surface area contributed by atoms with Gasteiger partial charge >= 0.3 is 18.0 Å². The average molecular weight is 383 g/mol. The summed E-state index contributed by atoms with van der Waals surface area (Å²) in [6, 6.07) is 0.787. The maximum Gasteiger partial charge on any atom is 0.435 e. The van der Waals surface area contributed by atoms with E-state index in [4.69, 9.17) is 0 Å². The Labute approximate surface area is 145 Å². The molecule has 0 fully saturated rings. The zero-order chi connectivity index (χ0) is 20.5. The van der Waals surface area contributed by atoms with E-state index in [2.05, 4.69) is 5.73 Å². The van der Waals surface area contributed by atoms with Gasteiger partial charge in [-0.1, -0.05) is 17.9 Å². The molecule has 1 rings (SSSR count). The van der Waals surface area contributed by atoms with Crippen LogP contribution in [0, 0.1) is 13.8 Å². The minimum atomic E-state index is -6.20. The molecule has 1 aromatic carbocycles. The monoisotopic (exact) mass is 383 g/mol. The summed E-state index contributed by atoms with van der Waals surface area (Å²) >= 11 is 0. The number of benzene rings is 1. The molecule has 0 radical (unpaired) electrons. The number of nitrogens with zero attached hydrogens (tertiary/aromatic N) is 1. The standard InChI is InChI=1S/C17H16F7NO/c1-10-8-12(15(18,16(19,20)21)17(22,23)24)9-11(2)14(10)13(26)6-5-7-25(3)4/h6-9H,1-4H3. The maximum atomic E-state index is 14.2. The summed E-state index contributed by atoms with van der Waals surface area (Å²) in [7, 11) is 3.32. The molecule has 0 aromatic heterocycles. The summed E-state index contributed by atoms with van der Waals surface area (Å²) in [6.07, 6.45) is -10.0. The van der Waals surface area contributed by atoms with Crippen molar-refractivity contribution >= 4 is 5.78 Å². The van der Waals surface area contributed by atoms with Gasteiger partial charge in [-0.2, -0.15) is 26.3 Å². The van der Waals surface area contributed by atoms with Crippen molar-refractivity contribution in [3.8, 4) is 0 Å². The van der Waals surface area contributed by atoms with Crippen LogP contribution in [0.25, 0.3) is 0 Å². The highest BCUT2D eigenvalue weighted by atomic mass is 19.4. The molecule has 9 heteroatoms. The predicted molar refractivity (Wildman–Crippen MR) is 81.5 cm³/mol. The fourth-order valence-electron chi connectivity index (χ4n) is 2.37. The number of carbonyl (C=O) groups excluding carboxylic acids is 1. The zero-order valence-corrected chi connectivity index (χ0v) is 14.3. The molecule has 2 nitrogen and oxygen atoms in total. The molecule has 26 heavy (non-hydrogen) atoms. The lowest BCUT2D eigenvalue weighted by Crippen LogP contribution is -2.50. The van der Waals surface area contributed by atoms with Crippen LogP contribution in [0.4, 0.5) is 30.7 Å². The third-order valence-corrected chi connectivity index (χ3v) is 3.51. The highest BCUT2D eigenvalue weighted by Crippen LogP contribution is 2.53. The molecule has 1 aromatic rings. The Morgan fingerprint density at radius 1 is 0.962 bits per heavy atom. The first-order valence-electron chi connectivity index (χ1n) is 7.20. The molecule has 0 aliphatic carbocycles. The normalized spacial score (nSPS) is 12.4. The zero-order valence-electron chi connectivity index (χ0n) is 14.3. The minimum Gasteiger partial charge on any atom is -0.377 e. The number of aryl methyl sites for hydroxylation is 2. The van der Waals surface area contributed by atoms with Gasteiger partial charge in [-0.3, -0.25) is 4.79 Å².